The summed E-state index contributed by atoms with van der Waals surface area (Å²) in [6.07, 6.45) is 0. The quantitative estimate of drug-likeness (QED) is 0.345. The Balaban J connectivity index is 3.31. The topological polar surface area (TPSA) is 78.7 Å². The lowest BCUT2D eigenvalue weighted by Crippen LogP contribution is -2.05. The Morgan fingerprint density at radius 2 is 2.06 bits per heavy atom. The molecule has 90 valence electrons. The smallest absolute Gasteiger partial charge is 0.338 e. The fraction of sp³-hybridized carbons (Fsp3) is 0.182. The average Bonchev–Trinajstić information content (AvgIpc) is 2.35. The molecule has 0 saturated carbocycles. The van der Waals surface area contributed by atoms with Crippen LogP contribution in [0.2, 0.25) is 0 Å². The number of carbonyl (C=O) groups excluding carboxylic acids is 1. The molecule has 0 aliphatic rings. The molecule has 17 heavy (non-hydrogen) atoms. The number of rotatable bonds is 4. The third kappa shape index (κ3) is 2.60. The second-order valence-corrected chi connectivity index (χ2v) is 3.11. The van der Waals surface area contributed by atoms with E-state index < -0.39 is 10.9 Å². The molecule has 0 fully saturated rings. The van der Waals surface area contributed by atoms with Crippen molar-refractivity contribution in [2.75, 3.05) is 14.2 Å². The van der Waals surface area contributed by atoms with Gasteiger partial charge in [-0.15, -0.1) is 0 Å². The number of hydrogen-bond donors (Lipinski definition) is 0. The molecular weight excluding hydrogens is 226 g/mol. The molecule has 0 spiro atoms. The molecule has 0 radical (unpaired) electrons. The highest BCUT2D eigenvalue weighted by Gasteiger charge is 2.21. The van der Waals surface area contributed by atoms with Crippen LogP contribution in [0.3, 0.4) is 0 Å². The molecule has 0 aromatic heterocycles. The number of ether oxygens (including phenoxy) is 2. The third-order valence-electron chi connectivity index (χ3n) is 2.16. The predicted octanol–water partition coefficient (Wildman–Crippen LogP) is 1.79. The van der Waals surface area contributed by atoms with Gasteiger partial charge in [-0.1, -0.05) is 6.58 Å². The van der Waals surface area contributed by atoms with Gasteiger partial charge in [0.1, 0.15) is 5.75 Å². The number of nitro groups is 1. The van der Waals surface area contributed by atoms with Gasteiger partial charge >= 0.3 is 5.97 Å². The van der Waals surface area contributed by atoms with Crippen LogP contribution in [0.15, 0.2) is 24.8 Å². The summed E-state index contributed by atoms with van der Waals surface area (Å²) in [7, 11) is 2.60. The first-order chi connectivity index (χ1) is 8.01. The van der Waals surface area contributed by atoms with Crippen LogP contribution in [0.5, 0.6) is 5.75 Å². The largest absolute Gasteiger partial charge is 0.497 e. The maximum atomic E-state index is 11.3. The van der Waals surface area contributed by atoms with Crippen LogP contribution in [0.1, 0.15) is 5.56 Å². The summed E-state index contributed by atoms with van der Waals surface area (Å²) < 4.78 is 9.41. The second kappa shape index (κ2) is 5.11. The SMILES string of the molecule is C=C(C(=O)OC)c1cc(OC)ccc1[N+](=O)[O-]. The zero-order valence-corrected chi connectivity index (χ0v) is 9.43. The van der Waals surface area contributed by atoms with Gasteiger partial charge in [0, 0.05) is 6.07 Å². The number of methoxy groups -OCH3 is 2. The molecule has 0 atom stereocenters. The molecule has 0 saturated heterocycles. The van der Waals surface area contributed by atoms with E-state index in [0.717, 1.165) is 0 Å². The Kier molecular flexibility index (Phi) is 3.82. The fourth-order valence-electron chi connectivity index (χ4n) is 1.28. The zero-order chi connectivity index (χ0) is 13.0. The number of nitrogens with zero attached hydrogens (tertiary/aromatic N) is 1. The van der Waals surface area contributed by atoms with Gasteiger partial charge in [-0.3, -0.25) is 10.1 Å². The molecule has 0 amide bonds. The minimum Gasteiger partial charge on any atom is -0.497 e. The van der Waals surface area contributed by atoms with E-state index in [9.17, 15) is 14.9 Å². The molecule has 0 aliphatic carbocycles. The monoisotopic (exact) mass is 237 g/mol. The lowest BCUT2D eigenvalue weighted by molar-refractivity contribution is -0.385. The van der Waals surface area contributed by atoms with Gasteiger partial charge in [0.25, 0.3) is 5.69 Å². The van der Waals surface area contributed by atoms with E-state index >= 15 is 0 Å². The van der Waals surface area contributed by atoms with Gasteiger partial charge in [0.15, 0.2) is 0 Å². The highest BCUT2D eigenvalue weighted by atomic mass is 16.6. The molecule has 1 aromatic carbocycles. The van der Waals surface area contributed by atoms with Crippen LogP contribution in [0.25, 0.3) is 5.57 Å². The van der Waals surface area contributed by atoms with Crippen molar-refractivity contribution in [3.63, 3.8) is 0 Å². The molecule has 6 heteroatoms. The predicted molar refractivity (Wildman–Crippen MR) is 60.7 cm³/mol. The van der Waals surface area contributed by atoms with Gasteiger partial charge in [0.2, 0.25) is 0 Å². The molecule has 0 N–H and O–H groups in total. The highest BCUT2D eigenvalue weighted by molar-refractivity contribution is 6.16. The number of carbonyl (C=O) groups is 1. The minimum atomic E-state index is -0.721. The molecule has 6 nitrogen and oxygen atoms in total. The second-order valence-electron chi connectivity index (χ2n) is 3.11. The average molecular weight is 237 g/mol. The third-order valence-corrected chi connectivity index (χ3v) is 2.16. The van der Waals surface area contributed by atoms with Crippen molar-refractivity contribution in [1.29, 1.82) is 0 Å². The van der Waals surface area contributed by atoms with Gasteiger partial charge in [-0.05, 0) is 12.1 Å². The van der Waals surface area contributed by atoms with E-state index in [2.05, 4.69) is 11.3 Å². The summed E-state index contributed by atoms with van der Waals surface area (Å²) in [6, 6.07) is 4.06. The molecule has 1 rings (SSSR count). The van der Waals surface area contributed by atoms with E-state index in [1.807, 2.05) is 0 Å². The van der Waals surface area contributed by atoms with Crippen LogP contribution in [-0.2, 0) is 9.53 Å². The summed E-state index contributed by atoms with van der Waals surface area (Å²) in [5.41, 5.74) is -0.222. The maximum absolute atomic E-state index is 11.3. The van der Waals surface area contributed by atoms with E-state index in [1.54, 1.807) is 0 Å². The minimum absolute atomic E-state index is 0.0844. The number of nitro benzene ring substituents is 1. The molecule has 0 unspecified atom stereocenters. The highest BCUT2D eigenvalue weighted by Crippen LogP contribution is 2.29. The van der Waals surface area contributed by atoms with E-state index in [4.69, 9.17) is 4.74 Å². The van der Waals surface area contributed by atoms with E-state index in [0.29, 0.717) is 5.75 Å². The van der Waals surface area contributed by atoms with Crippen molar-refractivity contribution in [3.05, 3.63) is 40.5 Å². The first-order valence-corrected chi connectivity index (χ1v) is 4.61. The fourth-order valence-corrected chi connectivity index (χ4v) is 1.28. The summed E-state index contributed by atoms with van der Waals surface area (Å²) in [4.78, 5) is 21.5. The Morgan fingerprint density at radius 3 is 2.53 bits per heavy atom. The summed E-state index contributed by atoms with van der Waals surface area (Å²) in [6.45, 7) is 3.48. The first kappa shape index (κ1) is 12.7. The van der Waals surface area contributed by atoms with Gasteiger partial charge in [0.05, 0.1) is 30.3 Å². The van der Waals surface area contributed by atoms with Crippen LogP contribution in [0, 0.1) is 10.1 Å². The van der Waals surface area contributed by atoms with Crippen LogP contribution >= 0.6 is 0 Å². The van der Waals surface area contributed by atoms with Crippen LogP contribution in [0.4, 0.5) is 5.69 Å². The number of hydrogen-bond acceptors (Lipinski definition) is 5. The van der Waals surface area contributed by atoms with Crippen molar-refractivity contribution in [2.24, 2.45) is 0 Å². The van der Waals surface area contributed by atoms with Crippen LogP contribution in [-0.4, -0.2) is 25.1 Å². The van der Waals surface area contributed by atoms with Crippen LogP contribution < -0.4 is 4.74 Å². The summed E-state index contributed by atoms with van der Waals surface area (Å²) >= 11 is 0. The molecule has 0 bridgehead atoms. The Bertz CT molecular complexity index is 481. The first-order valence-electron chi connectivity index (χ1n) is 4.61. The van der Waals surface area contributed by atoms with E-state index in [1.165, 1.54) is 32.4 Å². The Labute approximate surface area is 97.6 Å². The van der Waals surface area contributed by atoms with Gasteiger partial charge in [-0.2, -0.15) is 0 Å². The molecule has 1 aromatic rings. The standard InChI is InChI=1S/C11H11NO5/c1-7(11(13)17-3)9-6-8(16-2)4-5-10(9)12(14)15/h4-6H,1H2,2-3H3. The van der Waals surface area contributed by atoms with Gasteiger partial charge in [-0.25, -0.2) is 4.79 Å². The normalized spacial score (nSPS) is 9.53. The van der Waals surface area contributed by atoms with Crippen molar-refractivity contribution < 1.29 is 19.2 Å². The lowest BCUT2D eigenvalue weighted by atomic mass is 10.1. The molecular formula is C11H11NO5. The van der Waals surface area contributed by atoms with Crippen molar-refractivity contribution in [3.8, 4) is 5.75 Å². The maximum Gasteiger partial charge on any atom is 0.338 e. The number of esters is 1. The number of benzene rings is 1. The summed E-state index contributed by atoms with van der Waals surface area (Å²) in [5, 5.41) is 10.8. The van der Waals surface area contributed by atoms with Crippen molar-refractivity contribution in [1.82, 2.24) is 0 Å². The van der Waals surface area contributed by atoms with Gasteiger partial charge < -0.3 is 9.47 Å². The molecule has 0 heterocycles. The lowest BCUT2D eigenvalue weighted by Gasteiger charge is -2.06. The van der Waals surface area contributed by atoms with Crippen molar-refractivity contribution >= 4 is 17.2 Å². The molecule has 0 aliphatic heterocycles. The Morgan fingerprint density at radius 1 is 1.41 bits per heavy atom. The van der Waals surface area contributed by atoms with Crippen molar-refractivity contribution in [2.45, 2.75) is 0 Å². The zero-order valence-electron chi connectivity index (χ0n) is 9.43. The van der Waals surface area contributed by atoms with E-state index in [-0.39, 0.29) is 16.8 Å². The summed E-state index contributed by atoms with van der Waals surface area (Å²) in [5.74, 6) is -0.322. The Hall–Kier alpha value is -2.37.